The Hall–Kier alpha value is -2.33. The lowest BCUT2D eigenvalue weighted by atomic mass is 10.1. The number of aryl methyl sites for hydroxylation is 1. The zero-order valence-electron chi connectivity index (χ0n) is 10.8. The van der Waals surface area contributed by atoms with Gasteiger partial charge in [-0.2, -0.15) is 0 Å². The average Bonchev–Trinajstić information content (AvgIpc) is 2.89. The SMILES string of the molecule is Cc1nc(Cl)ccc1NC(=O)c1ccc2cc[nH]c2c1. The third-order valence-electron chi connectivity index (χ3n) is 3.12. The van der Waals surface area contributed by atoms with Crippen LogP contribution in [-0.2, 0) is 0 Å². The van der Waals surface area contributed by atoms with Crippen molar-refractivity contribution in [1.82, 2.24) is 9.97 Å². The number of carbonyl (C=O) groups excluding carboxylic acids is 1. The topological polar surface area (TPSA) is 57.8 Å². The summed E-state index contributed by atoms with van der Waals surface area (Å²) in [5, 5.41) is 4.32. The highest BCUT2D eigenvalue weighted by molar-refractivity contribution is 6.29. The Morgan fingerprint density at radius 3 is 2.90 bits per heavy atom. The molecule has 5 heteroatoms. The van der Waals surface area contributed by atoms with E-state index in [2.05, 4.69) is 15.3 Å². The van der Waals surface area contributed by atoms with E-state index in [1.165, 1.54) is 0 Å². The van der Waals surface area contributed by atoms with E-state index in [4.69, 9.17) is 11.6 Å². The molecule has 2 N–H and O–H groups in total. The van der Waals surface area contributed by atoms with Gasteiger partial charge in [-0.15, -0.1) is 0 Å². The van der Waals surface area contributed by atoms with Crippen LogP contribution < -0.4 is 5.32 Å². The Bertz CT molecular complexity index is 795. The first-order valence-electron chi connectivity index (χ1n) is 6.15. The van der Waals surface area contributed by atoms with Gasteiger partial charge in [0, 0.05) is 17.3 Å². The van der Waals surface area contributed by atoms with Gasteiger partial charge in [0.25, 0.3) is 5.91 Å². The van der Waals surface area contributed by atoms with Crippen LogP contribution in [0.5, 0.6) is 0 Å². The average molecular weight is 286 g/mol. The van der Waals surface area contributed by atoms with Crippen molar-refractivity contribution in [3.63, 3.8) is 0 Å². The van der Waals surface area contributed by atoms with Crippen LogP contribution in [0.3, 0.4) is 0 Å². The zero-order valence-corrected chi connectivity index (χ0v) is 11.5. The number of nitrogens with zero attached hydrogens (tertiary/aromatic N) is 1. The number of rotatable bonds is 2. The van der Waals surface area contributed by atoms with Crippen molar-refractivity contribution >= 4 is 34.1 Å². The lowest BCUT2D eigenvalue weighted by Gasteiger charge is -2.08. The van der Waals surface area contributed by atoms with Gasteiger partial charge in [-0.1, -0.05) is 17.7 Å². The van der Waals surface area contributed by atoms with Gasteiger partial charge in [0.2, 0.25) is 0 Å². The van der Waals surface area contributed by atoms with E-state index >= 15 is 0 Å². The molecule has 0 radical (unpaired) electrons. The molecule has 0 unspecified atom stereocenters. The number of H-pyrrole nitrogens is 1. The zero-order chi connectivity index (χ0) is 14.1. The van der Waals surface area contributed by atoms with Gasteiger partial charge in [0.05, 0.1) is 11.4 Å². The highest BCUT2D eigenvalue weighted by Crippen LogP contribution is 2.18. The molecule has 0 aliphatic carbocycles. The molecule has 2 aromatic heterocycles. The molecule has 0 spiro atoms. The number of benzene rings is 1. The van der Waals surface area contributed by atoms with Gasteiger partial charge < -0.3 is 10.3 Å². The summed E-state index contributed by atoms with van der Waals surface area (Å²) in [5.41, 5.74) is 2.87. The lowest BCUT2D eigenvalue weighted by Crippen LogP contribution is -2.13. The van der Waals surface area contributed by atoms with E-state index < -0.39 is 0 Å². The second-order valence-electron chi connectivity index (χ2n) is 4.50. The predicted octanol–water partition coefficient (Wildman–Crippen LogP) is 3.78. The lowest BCUT2D eigenvalue weighted by molar-refractivity contribution is 0.102. The Morgan fingerprint density at radius 2 is 2.10 bits per heavy atom. The van der Waals surface area contributed by atoms with Crippen LogP contribution in [0.25, 0.3) is 10.9 Å². The van der Waals surface area contributed by atoms with Crippen molar-refractivity contribution in [2.75, 3.05) is 5.32 Å². The van der Waals surface area contributed by atoms with E-state index in [0.717, 1.165) is 10.9 Å². The smallest absolute Gasteiger partial charge is 0.255 e. The Kier molecular flexibility index (Phi) is 3.16. The molecule has 3 aromatic rings. The maximum atomic E-state index is 12.2. The quantitative estimate of drug-likeness (QED) is 0.704. The number of aromatic amines is 1. The number of carbonyl (C=O) groups is 1. The summed E-state index contributed by atoms with van der Waals surface area (Å²) in [6.07, 6.45) is 1.85. The summed E-state index contributed by atoms with van der Waals surface area (Å²) in [4.78, 5) is 19.4. The standard InChI is InChI=1S/C15H12ClN3O/c1-9-12(4-5-14(16)18-9)19-15(20)11-3-2-10-6-7-17-13(10)8-11/h2-8,17H,1H3,(H,19,20). The first kappa shape index (κ1) is 12.7. The minimum absolute atomic E-state index is 0.172. The Balaban J connectivity index is 1.88. The van der Waals surface area contributed by atoms with E-state index in [9.17, 15) is 4.79 Å². The summed E-state index contributed by atoms with van der Waals surface area (Å²) < 4.78 is 0. The van der Waals surface area contributed by atoms with Crippen molar-refractivity contribution in [3.05, 3.63) is 59.0 Å². The van der Waals surface area contributed by atoms with E-state index in [-0.39, 0.29) is 5.91 Å². The van der Waals surface area contributed by atoms with Crippen LogP contribution in [0.15, 0.2) is 42.6 Å². The molecule has 0 aliphatic rings. The van der Waals surface area contributed by atoms with Gasteiger partial charge in [0.15, 0.2) is 0 Å². The number of pyridine rings is 1. The highest BCUT2D eigenvalue weighted by Gasteiger charge is 2.09. The molecule has 1 amide bonds. The molecular weight excluding hydrogens is 274 g/mol. The molecule has 0 fully saturated rings. The van der Waals surface area contributed by atoms with Crippen molar-refractivity contribution in [1.29, 1.82) is 0 Å². The summed E-state index contributed by atoms with van der Waals surface area (Å²) in [6.45, 7) is 1.80. The number of aromatic nitrogens is 2. The summed E-state index contributed by atoms with van der Waals surface area (Å²) >= 11 is 5.80. The van der Waals surface area contributed by atoms with E-state index in [1.54, 1.807) is 25.1 Å². The van der Waals surface area contributed by atoms with Crippen molar-refractivity contribution in [2.24, 2.45) is 0 Å². The maximum Gasteiger partial charge on any atom is 0.255 e. The summed E-state index contributed by atoms with van der Waals surface area (Å²) in [5.74, 6) is -0.172. The molecule has 4 nitrogen and oxygen atoms in total. The fourth-order valence-corrected chi connectivity index (χ4v) is 2.24. The molecular formula is C15H12ClN3O. The van der Waals surface area contributed by atoms with Crippen LogP contribution in [0.1, 0.15) is 16.1 Å². The molecule has 0 bridgehead atoms. The molecule has 3 rings (SSSR count). The minimum Gasteiger partial charge on any atom is -0.361 e. The monoisotopic (exact) mass is 285 g/mol. The molecule has 0 saturated heterocycles. The van der Waals surface area contributed by atoms with Crippen molar-refractivity contribution in [3.8, 4) is 0 Å². The van der Waals surface area contributed by atoms with Crippen LogP contribution in [0, 0.1) is 6.92 Å². The minimum atomic E-state index is -0.172. The largest absolute Gasteiger partial charge is 0.361 e. The van der Waals surface area contributed by atoms with E-state index in [1.807, 2.05) is 24.4 Å². The second kappa shape index (κ2) is 4.98. The normalized spacial score (nSPS) is 10.7. The first-order valence-corrected chi connectivity index (χ1v) is 6.53. The molecule has 20 heavy (non-hydrogen) atoms. The fraction of sp³-hybridized carbons (Fsp3) is 0.0667. The number of fused-ring (bicyclic) bond motifs is 1. The number of hydrogen-bond donors (Lipinski definition) is 2. The Morgan fingerprint density at radius 1 is 1.25 bits per heavy atom. The molecule has 0 aliphatic heterocycles. The van der Waals surface area contributed by atoms with Gasteiger partial charge in [-0.05, 0) is 42.6 Å². The third-order valence-corrected chi connectivity index (χ3v) is 3.33. The van der Waals surface area contributed by atoms with Crippen LogP contribution >= 0.6 is 11.6 Å². The number of nitrogens with one attached hydrogen (secondary N) is 2. The number of halogens is 1. The third kappa shape index (κ3) is 2.38. The molecule has 0 atom stereocenters. The van der Waals surface area contributed by atoms with Crippen molar-refractivity contribution < 1.29 is 4.79 Å². The van der Waals surface area contributed by atoms with Crippen LogP contribution in [0.4, 0.5) is 5.69 Å². The van der Waals surface area contributed by atoms with Gasteiger partial charge in [-0.25, -0.2) is 4.98 Å². The van der Waals surface area contributed by atoms with E-state index in [0.29, 0.717) is 22.1 Å². The summed E-state index contributed by atoms with van der Waals surface area (Å²) in [6, 6.07) is 10.9. The van der Waals surface area contributed by atoms with Gasteiger partial charge >= 0.3 is 0 Å². The second-order valence-corrected chi connectivity index (χ2v) is 4.89. The predicted molar refractivity (Wildman–Crippen MR) is 80.2 cm³/mol. The number of hydrogen-bond acceptors (Lipinski definition) is 2. The van der Waals surface area contributed by atoms with Gasteiger partial charge in [-0.3, -0.25) is 4.79 Å². The summed E-state index contributed by atoms with van der Waals surface area (Å²) in [7, 11) is 0. The fourth-order valence-electron chi connectivity index (χ4n) is 2.05. The molecule has 0 saturated carbocycles. The number of anilines is 1. The van der Waals surface area contributed by atoms with Crippen molar-refractivity contribution in [2.45, 2.75) is 6.92 Å². The van der Waals surface area contributed by atoms with Crippen LogP contribution in [0.2, 0.25) is 5.15 Å². The maximum absolute atomic E-state index is 12.2. The Labute approximate surface area is 120 Å². The molecule has 100 valence electrons. The first-order chi connectivity index (χ1) is 9.63. The number of amides is 1. The van der Waals surface area contributed by atoms with Crippen LogP contribution in [-0.4, -0.2) is 15.9 Å². The van der Waals surface area contributed by atoms with Gasteiger partial charge in [0.1, 0.15) is 5.15 Å². The molecule has 1 aromatic carbocycles. The highest BCUT2D eigenvalue weighted by atomic mass is 35.5. The molecule has 2 heterocycles.